The Bertz CT molecular complexity index is 1640. The third-order valence-electron chi connectivity index (χ3n) is 6.40. The molecule has 1 amide bonds. The summed E-state index contributed by atoms with van der Waals surface area (Å²) >= 11 is 18.1. The molecule has 0 saturated heterocycles. The minimum absolute atomic E-state index is 0.0727. The lowest BCUT2D eigenvalue weighted by Gasteiger charge is -2.27. The number of imidazole rings is 1. The topological polar surface area (TPSA) is 86.0 Å². The standard InChI is InChI=1S/C30H25Cl2F3N6OS/c31-26-6-1-3-22(28(26)32)18-40(29(43)39-24-5-2-4-23(13-24)30(33,34)35)12-11-38-27(42)14-25-16-37-19-41(25)17-21-9-7-20(15-36)8-10-21/h1-10,13,16,19H,11-12,14,17-18H2,(H,38,42)(H,39,43). The van der Waals surface area contributed by atoms with Gasteiger partial charge in [-0.1, -0.05) is 53.5 Å². The van der Waals surface area contributed by atoms with Gasteiger partial charge in [-0.15, -0.1) is 0 Å². The summed E-state index contributed by atoms with van der Waals surface area (Å²) in [6, 6.07) is 19.1. The number of anilines is 1. The molecule has 0 aliphatic heterocycles. The van der Waals surface area contributed by atoms with Gasteiger partial charge in [-0.25, -0.2) is 4.98 Å². The first kappa shape index (κ1) is 31.8. The van der Waals surface area contributed by atoms with Gasteiger partial charge in [-0.05, 0) is 59.7 Å². The first-order chi connectivity index (χ1) is 20.5. The molecule has 0 bridgehead atoms. The summed E-state index contributed by atoms with van der Waals surface area (Å²) in [5.41, 5.74) is 2.23. The molecule has 0 atom stereocenters. The van der Waals surface area contributed by atoms with Gasteiger partial charge in [0.15, 0.2) is 5.11 Å². The van der Waals surface area contributed by atoms with E-state index in [1.807, 2.05) is 16.7 Å². The van der Waals surface area contributed by atoms with E-state index in [0.29, 0.717) is 33.4 Å². The Morgan fingerprint density at radius 3 is 2.56 bits per heavy atom. The lowest BCUT2D eigenvalue weighted by atomic mass is 10.1. The molecule has 3 aromatic carbocycles. The van der Waals surface area contributed by atoms with Crippen LogP contribution in [0.2, 0.25) is 10.0 Å². The van der Waals surface area contributed by atoms with Gasteiger partial charge in [0.05, 0.1) is 40.0 Å². The van der Waals surface area contributed by atoms with Crippen molar-refractivity contribution in [2.45, 2.75) is 25.7 Å². The van der Waals surface area contributed by atoms with Crippen LogP contribution >= 0.6 is 35.4 Å². The molecule has 0 aliphatic rings. The zero-order valence-corrected chi connectivity index (χ0v) is 24.9. The average molecular weight is 646 g/mol. The van der Waals surface area contributed by atoms with E-state index in [4.69, 9.17) is 40.7 Å². The molecule has 222 valence electrons. The maximum atomic E-state index is 13.2. The van der Waals surface area contributed by atoms with Gasteiger partial charge in [0.1, 0.15) is 0 Å². The van der Waals surface area contributed by atoms with E-state index in [9.17, 15) is 18.0 Å². The minimum Gasteiger partial charge on any atom is -0.354 e. The van der Waals surface area contributed by atoms with Gasteiger partial charge in [0.2, 0.25) is 5.91 Å². The van der Waals surface area contributed by atoms with Crippen molar-refractivity contribution in [1.29, 1.82) is 5.26 Å². The van der Waals surface area contributed by atoms with Crippen LogP contribution in [0.15, 0.2) is 79.3 Å². The first-order valence-corrected chi connectivity index (χ1v) is 14.1. The lowest BCUT2D eigenvalue weighted by Crippen LogP contribution is -2.40. The number of alkyl halides is 3. The van der Waals surface area contributed by atoms with Crippen molar-refractivity contribution in [2.75, 3.05) is 18.4 Å². The summed E-state index contributed by atoms with van der Waals surface area (Å²) in [4.78, 5) is 18.7. The van der Waals surface area contributed by atoms with Gasteiger partial charge in [0.25, 0.3) is 0 Å². The molecule has 0 unspecified atom stereocenters. The van der Waals surface area contributed by atoms with Gasteiger partial charge in [0, 0.05) is 43.8 Å². The Labute approximate surface area is 261 Å². The highest BCUT2D eigenvalue weighted by Gasteiger charge is 2.30. The van der Waals surface area contributed by atoms with Crippen LogP contribution in [0.5, 0.6) is 0 Å². The molecule has 2 N–H and O–H groups in total. The van der Waals surface area contributed by atoms with E-state index < -0.39 is 11.7 Å². The normalized spacial score (nSPS) is 11.1. The smallest absolute Gasteiger partial charge is 0.354 e. The first-order valence-electron chi connectivity index (χ1n) is 12.9. The molecule has 1 heterocycles. The van der Waals surface area contributed by atoms with E-state index in [1.54, 1.807) is 47.8 Å². The highest BCUT2D eigenvalue weighted by Crippen LogP contribution is 2.31. The van der Waals surface area contributed by atoms with Crippen molar-refractivity contribution in [3.05, 3.63) is 117 Å². The number of carbonyl (C=O) groups excluding carboxylic acids is 1. The van der Waals surface area contributed by atoms with Crippen molar-refractivity contribution in [2.24, 2.45) is 0 Å². The number of aromatic nitrogens is 2. The predicted molar refractivity (Wildman–Crippen MR) is 164 cm³/mol. The number of halogens is 5. The maximum absolute atomic E-state index is 13.2. The van der Waals surface area contributed by atoms with Crippen LogP contribution in [0.3, 0.4) is 0 Å². The molecule has 13 heteroatoms. The van der Waals surface area contributed by atoms with Crippen LogP contribution in [0.25, 0.3) is 0 Å². The Kier molecular flexibility index (Phi) is 10.6. The monoisotopic (exact) mass is 644 g/mol. The van der Waals surface area contributed by atoms with Crippen LogP contribution in [0, 0.1) is 11.3 Å². The number of rotatable bonds is 10. The molecule has 0 aliphatic carbocycles. The third-order valence-corrected chi connectivity index (χ3v) is 7.62. The number of hydrogen-bond donors (Lipinski definition) is 2. The molecule has 1 aromatic heterocycles. The number of nitriles is 1. The maximum Gasteiger partial charge on any atom is 0.416 e. The second-order valence-corrected chi connectivity index (χ2v) is 10.7. The zero-order valence-electron chi connectivity index (χ0n) is 22.5. The van der Waals surface area contributed by atoms with Crippen LogP contribution in [0.4, 0.5) is 18.9 Å². The summed E-state index contributed by atoms with van der Waals surface area (Å²) in [7, 11) is 0. The molecule has 4 aromatic rings. The second-order valence-electron chi connectivity index (χ2n) is 9.49. The Morgan fingerprint density at radius 2 is 1.84 bits per heavy atom. The molecule has 4 rings (SSSR count). The lowest BCUT2D eigenvalue weighted by molar-refractivity contribution is -0.137. The Hall–Kier alpha value is -4.11. The van der Waals surface area contributed by atoms with Crippen molar-refractivity contribution in [1.82, 2.24) is 19.8 Å². The summed E-state index contributed by atoms with van der Waals surface area (Å²) in [6.45, 7) is 1.09. The van der Waals surface area contributed by atoms with Crippen LogP contribution in [-0.2, 0) is 30.5 Å². The highest BCUT2D eigenvalue weighted by molar-refractivity contribution is 7.80. The number of amides is 1. The zero-order chi connectivity index (χ0) is 31.0. The van der Waals surface area contributed by atoms with E-state index in [2.05, 4.69) is 21.7 Å². The number of carbonyl (C=O) groups is 1. The summed E-state index contributed by atoms with van der Waals surface area (Å²) < 4.78 is 41.5. The van der Waals surface area contributed by atoms with E-state index in [-0.39, 0.29) is 42.8 Å². The van der Waals surface area contributed by atoms with Crippen LogP contribution in [0.1, 0.15) is 27.9 Å². The van der Waals surface area contributed by atoms with E-state index in [0.717, 1.165) is 17.7 Å². The molecular weight excluding hydrogens is 620 g/mol. The fraction of sp³-hybridized carbons (Fsp3) is 0.200. The van der Waals surface area contributed by atoms with Gasteiger partial charge in [-0.3, -0.25) is 4.79 Å². The van der Waals surface area contributed by atoms with Gasteiger partial charge >= 0.3 is 6.18 Å². The average Bonchev–Trinajstić information content (AvgIpc) is 3.40. The molecule has 0 radical (unpaired) electrons. The molecule has 0 saturated carbocycles. The SMILES string of the molecule is N#Cc1ccc(Cn2cncc2CC(=O)NCCN(Cc2cccc(Cl)c2Cl)C(=S)Nc2cccc(C(F)(F)F)c2)cc1. The van der Waals surface area contributed by atoms with Crippen LogP contribution in [-0.4, -0.2) is 38.6 Å². The number of benzene rings is 3. The Morgan fingerprint density at radius 1 is 1.09 bits per heavy atom. The summed E-state index contributed by atoms with van der Waals surface area (Å²) in [6.07, 6.45) is -1.18. The van der Waals surface area contributed by atoms with Crippen molar-refractivity contribution >= 4 is 52.1 Å². The largest absolute Gasteiger partial charge is 0.416 e. The Balaban J connectivity index is 1.40. The van der Waals surface area contributed by atoms with Crippen molar-refractivity contribution < 1.29 is 18.0 Å². The van der Waals surface area contributed by atoms with Crippen molar-refractivity contribution in [3.63, 3.8) is 0 Å². The van der Waals surface area contributed by atoms with E-state index >= 15 is 0 Å². The van der Waals surface area contributed by atoms with Gasteiger partial charge < -0.3 is 20.1 Å². The van der Waals surface area contributed by atoms with E-state index in [1.165, 1.54) is 12.1 Å². The quantitative estimate of drug-likeness (QED) is 0.187. The summed E-state index contributed by atoms with van der Waals surface area (Å²) in [5, 5.41) is 15.5. The fourth-order valence-corrected chi connectivity index (χ4v) is 4.83. The molecule has 0 fully saturated rings. The second kappa shape index (κ2) is 14.4. The molecule has 0 spiro atoms. The highest BCUT2D eigenvalue weighted by atomic mass is 35.5. The minimum atomic E-state index is -4.50. The fourth-order valence-electron chi connectivity index (χ4n) is 4.18. The number of nitrogens with zero attached hydrogens (tertiary/aromatic N) is 4. The number of thiocarbonyl (C=S) groups is 1. The number of hydrogen-bond acceptors (Lipinski definition) is 4. The van der Waals surface area contributed by atoms with Gasteiger partial charge in [-0.2, -0.15) is 18.4 Å². The molecular formula is C30H25Cl2F3N6OS. The summed E-state index contributed by atoms with van der Waals surface area (Å²) in [5.74, 6) is -0.251. The molecule has 43 heavy (non-hydrogen) atoms. The van der Waals surface area contributed by atoms with Crippen molar-refractivity contribution in [3.8, 4) is 6.07 Å². The van der Waals surface area contributed by atoms with Crippen LogP contribution < -0.4 is 10.6 Å². The predicted octanol–water partition coefficient (Wildman–Crippen LogP) is 6.69. The third kappa shape index (κ3) is 8.94. The molecule has 7 nitrogen and oxygen atoms in total. The number of nitrogens with one attached hydrogen (secondary N) is 2.